The summed E-state index contributed by atoms with van der Waals surface area (Å²) in [4.78, 5) is 17.5. The molecule has 5 heteroatoms. The molecule has 1 rings (SSSR count). The minimum absolute atomic E-state index is 0. The van der Waals surface area contributed by atoms with Gasteiger partial charge >= 0.3 is 0 Å². The first-order valence-corrected chi connectivity index (χ1v) is 2.35. The van der Waals surface area contributed by atoms with E-state index < -0.39 is 5.91 Å². The molecule has 0 saturated heterocycles. The summed E-state index contributed by atoms with van der Waals surface area (Å²) in [6.45, 7) is 0. The lowest BCUT2D eigenvalue weighted by Gasteiger charge is -1.88. The smallest absolute Gasteiger partial charge is 0.251 e. The fraction of sp³-hybridized carbons (Fsp3) is 0. The highest BCUT2D eigenvalue weighted by atomic mass is 35.5. The molecule has 1 aromatic heterocycles. The lowest BCUT2D eigenvalue weighted by Crippen LogP contribution is -2.11. The summed E-state index contributed by atoms with van der Waals surface area (Å²) in [6, 6.07) is 0. The van der Waals surface area contributed by atoms with Gasteiger partial charge in [-0.15, -0.1) is 12.4 Å². The first kappa shape index (κ1) is 8.84. The van der Waals surface area contributed by atoms with Gasteiger partial charge in [-0.2, -0.15) is 0 Å². The van der Waals surface area contributed by atoms with Crippen LogP contribution in [0.25, 0.3) is 0 Å². The Labute approximate surface area is 63.9 Å². The maximum atomic E-state index is 10.3. The number of primary amides is 1. The van der Waals surface area contributed by atoms with Gasteiger partial charge in [0.05, 0.1) is 5.56 Å². The van der Waals surface area contributed by atoms with E-state index in [9.17, 15) is 4.79 Å². The van der Waals surface area contributed by atoms with E-state index >= 15 is 0 Å². The summed E-state index contributed by atoms with van der Waals surface area (Å²) in [5.74, 6) is -0.504. The van der Waals surface area contributed by atoms with Gasteiger partial charge in [0.25, 0.3) is 5.91 Å². The molecular weight excluding hydrogens is 154 g/mol. The Morgan fingerprint density at radius 3 is 2.20 bits per heavy atom. The molecule has 0 aliphatic heterocycles. The van der Waals surface area contributed by atoms with Crippen molar-refractivity contribution in [2.24, 2.45) is 5.73 Å². The number of nitrogens with zero attached hydrogens (tertiary/aromatic N) is 2. The number of halogens is 1. The van der Waals surface area contributed by atoms with Crippen LogP contribution < -0.4 is 5.73 Å². The fourth-order valence-corrected chi connectivity index (χ4v) is 0.426. The van der Waals surface area contributed by atoms with Gasteiger partial charge in [-0.05, 0) is 0 Å². The average Bonchev–Trinajstić information content (AvgIpc) is 1.90. The van der Waals surface area contributed by atoms with Crippen molar-refractivity contribution in [2.75, 3.05) is 0 Å². The predicted octanol–water partition coefficient (Wildman–Crippen LogP) is -0.00270. The third kappa shape index (κ3) is 1.99. The highest BCUT2D eigenvalue weighted by molar-refractivity contribution is 5.91. The molecule has 1 amide bonds. The van der Waals surface area contributed by atoms with Gasteiger partial charge in [0.2, 0.25) is 0 Å². The predicted molar refractivity (Wildman–Crippen MR) is 37.8 cm³/mol. The Hall–Kier alpha value is -1.16. The highest BCUT2D eigenvalue weighted by Gasteiger charge is 1.96. The van der Waals surface area contributed by atoms with Crippen LogP contribution in [0, 0.1) is 0 Å². The van der Waals surface area contributed by atoms with E-state index in [4.69, 9.17) is 5.73 Å². The Balaban J connectivity index is 0.000000810. The summed E-state index contributed by atoms with van der Waals surface area (Å²) in [7, 11) is 0. The summed E-state index contributed by atoms with van der Waals surface area (Å²) >= 11 is 0. The number of carbonyl (C=O) groups excluding carboxylic acids is 1. The van der Waals surface area contributed by atoms with E-state index in [2.05, 4.69) is 9.97 Å². The SMILES string of the molecule is Cl.NC(=O)c1cncnc1. The van der Waals surface area contributed by atoms with Crippen LogP contribution >= 0.6 is 12.4 Å². The first-order valence-electron chi connectivity index (χ1n) is 2.35. The number of carbonyl (C=O) groups is 1. The number of hydrogen-bond acceptors (Lipinski definition) is 3. The summed E-state index contributed by atoms with van der Waals surface area (Å²) < 4.78 is 0. The molecule has 0 aromatic carbocycles. The van der Waals surface area contributed by atoms with E-state index in [1.54, 1.807) is 0 Å². The van der Waals surface area contributed by atoms with E-state index in [1.165, 1.54) is 18.7 Å². The van der Waals surface area contributed by atoms with Crippen LogP contribution in [0.3, 0.4) is 0 Å². The van der Waals surface area contributed by atoms with Crippen LogP contribution in [0.4, 0.5) is 0 Å². The average molecular weight is 160 g/mol. The molecule has 0 fully saturated rings. The van der Waals surface area contributed by atoms with Crippen LogP contribution in [-0.4, -0.2) is 15.9 Å². The molecule has 1 heterocycles. The second kappa shape index (κ2) is 3.79. The number of nitrogens with two attached hydrogens (primary N) is 1. The molecular formula is C5H6ClN3O. The van der Waals surface area contributed by atoms with Crippen molar-refractivity contribution >= 4 is 18.3 Å². The Bertz CT molecular complexity index is 213. The summed E-state index contributed by atoms with van der Waals surface area (Å²) in [6.07, 6.45) is 4.08. The zero-order valence-electron chi connectivity index (χ0n) is 5.02. The van der Waals surface area contributed by atoms with Crippen molar-refractivity contribution < 1.29 is 4.79 Å². The summed E-state index contributed by atoms with van der Waals surface area (Å²) in [5, 5.41) is 0. The molecule has 0 spiro atoms. The van der Waals surface area contributed by atoms with Crippen molar-refractivity contribution in [3.63, 3.8) is 0 Å². The van der Waals surface area contributed by atoms with Crippen LogP contribution in [0.15, 0.2) is 18.7 Å². The lowest BCUT2D eigenvalue weighted by atomic mass is 10.3. The van der Waals surface area contributed by atoms with Crippen molar-refractivity contribution in [1.82, 2.24) is 9.97 Å². The van der Waals surface area contributed by atoms with E-state index in [0.717, 1.165) is 0 Å². The van der Waals surface area contributed by atoms with Gasteiger partial charge in [-0.25, -0.2) is 9.97 Å². The number of hydrogen-bond donors (Lipinski definition) is 1. The van der Waals surface area contributed by atoms with Crippen LogP contribution in [0.1, 0.15) is 10.4 Å². The Kier molecular flexibility index (Phi) is 3.35. The van der Waals surface area contributed by atoms with Crippen molar-refractivity contribution in [2.45, 2.75) is 0 Å². The molecule has 0 unspecified atom stereocenters. The minimum atomic E-state index is -0.504. The molecule has 10 heavy (non-hydrogen) atoms. The molecule has 0 aliphatic rings. The topological polar surface area (TPSA) is 68.9 Å². The quantitative estimate of drug-likeness (QED) is 0.627. The molecule has 0 radical (unpaired) electrons. The van der Waals surface area contributed by atoms with Crippen molar-refractivity contribution in [1.29, 1.82) is 0 Å². The lowest BCUT2D eigenvalue weighted by molar-refractivity contribution is 0.0999. The van der Waals surface area contributed by atoms with Crippen molar-refractivity contribution in [3.8, 4) is 0 Å². The Morgan fingerprint density at radius 2 is 1.90 bits per heavy atom. The van der Waals surface area contributed by atoms with Crippen LogP contribution in [0.5, 0.6) is 0 Å². The van der Waals surface area contributed by atoms with Gasteiger partial charge in [0.1, 0.15) is 6.33 Å². The first-order chi connectivity index (χ1) is 4.30. The van der Waals surface area contributed by atoms with Gasteiger partial charge in [-0.1, -0.05) is 0 Å². The van der Waals surface area contributed by atoms with E-state index in [0.29, 0.717) is 5.56 Å². The van der Waals surface area contributed by atoms with Crippen LogP contribution in [0.2, 0.25) is 0 Å². The highest BCUT2D eigenvalue weighted by Crippen LogP contribution is 1.87. The molecule has 54 valence electrons. The molecule has 2 N–H and O–H groups in total. The molecule has 1 aromatic rings. The normalized spacial score (nSPS) is 8.00. The van der Waals surface area contributed by atoms with Gasteiger partial charge < -0.3 is 5.73 Å². The minimum Gasteiger partial charge on any atom is -0.366 e. The third-order valence-corrected chi connectivity index (χ3v) is 0.845. The third-order valence-electron chi connectivity index (χ3n) is 0.845. The maximum absolute atomic E-state index is 10.3. The van der Waals surface area contributed by atoms with E-state index in [-0.39, 0.29) is 12.4 Å². The van der Waals surface area contributed by atoms with E-state index in [1.807, 2.05) is 0 Å². The fourth-order valence-electron chi connectivity index (χ4n) is 0.426. The molecule has 0 aliphatic carbocycles. The van der Waals surface area contributed by atoms with Gasteiger partial charge in [0.15, 0.2) is 0 Å². The molecule has 0 saturated carbocycles. The number of amides is 1. The molecule has 0 bridgehead atoms. The second-order valence-corrected chi connectivity index (χ2v) is 1.49. The maximum Gasteiger partial charge on any atom is 0.251 e. The van der Waals surface area contributed by atoms with Crippen LogP contribution in [-0.2, 0) is 0 Å². The molecule has 4 nitrogen and oxygen atoms in total. The number of aromatic nitrogens is 2. The monoisotopic (exact) mass is 159 g/mol. The zero-order valence-corrected chi connectivity index (χ0v) is 5.84. The standard InChI is InChI=1S/C5H5N3O.ClH/c6-5(9)4-1-7-3-8-2-4;/h1-3H,(H2,6,9);1H. The largest absolute Gasteiger partial charge is 0.366 e. The Morgan fingerprint density at radius 1 is 1.40 bits per heavy atom. The van der Waals surface area contributed by atoms with Crippen molar-refractivity contribution in [3.05, 3.63) is 24.3 Å². The number of rotatable bonds is 1. The van der Waals surface area contributed by atoms with Gasteiger partial charge in [0, 0.05) is 12.4 Å². The van der Waals surface area contributed by atoms with Gasteiger partial charge in [-0.3, -0.25) is 4.79 Å². The molecule has 0 atom stereocenters. The second-order valence-electron chi connectivity index (χ2n) is 1.49. The zero-order chi connectivity index (χ0) is 6.69. The summed E-state index contributed by atoms with van der Waals surface area (Å²) in [5.41, 5.74) is 5.23.